The maximum Gasteiger partial charge on any atom is 0.0320 e. The van der Waals surface area contributed by atoms with Gasteiger partial charge in [-0.3, -0.25) is 0 Å². The monoisotopic (exact) mass is 393 g/mol. The van der Waals surface area contributed by atoms with Gasteiger partial charge in [-0.05, 0) is 78.1 Å². The molecule has 2 rings (SSSR count). The van der Waals surface area contributed by atoms with Crippen LogP contribution in [0.1, 0.15) is 43.4 Å². The molecule has 0 spiro atoms. The smallest absolute Gasteiger partial charge is 0.0320 e. The van der Waals surface area contributed by atoms with E-state index in [1.165, 1.54) is 34.0 Å². The molecule has 0 saturated heterocycles. The van der Waals surface area contributed by atoms with Crippen molar-refractivity contribution < 1.29 is 0 Å². The first-order chi connectivity index (χ1) is 10.3. The molecule has 0 aliphatic rings. The fourth-order valence-electron chi connectivity index (χ4n) is 2.55. The summed E-state index contributed by atoms with van der Waals surface area (Å²) < 4.78 is 1.31. The lowest BCUT2D eigenvalue weighted by Gasteiger charge is -2.19. The molecule has 2 aromatic rings. The van der Waals surface area contributed by atoms with Crippen LogP contribution in [-0.2, 0) is 6.42 Å². The van der Waals surface area contributed by atoms with Crippen LogP contribution in [0, 0.1) is 3.57 Å². The molecule has 0 aromatic heterocycles. The Morgan fingerprint density at radius 1 is 1.00 bits per heavy atom. The second-order valence-corrected chi connectivity index (χ2v) is 6.68. The van der Waals surface area contributed by atoms with E-state index in [9.17, 15) is 0 Å². The predicted molar refractivity (Wildman–Crippen MR) is 99.6 cm³/mol. The van der Waals surface area contributed by atoms with Crippen molar-refractivity contribution in [1.82, 2.24) is 5.32 Å². The average Bonchev–Trinajstić information content (AvgIpc) is 2.53. The maximum absolute atomic E-state index is 3.68. The summed E-state index contributed by atoms with van der Waals surface area (Å²) in [7, 11) is 0. The second-order valence-electron chi connectivity index (χ2n) is 5.44. The molecule has 1 unspecified atom stereocenters. The van der Waals surface area contributed by atoms with E-state index in [4.69, 9.17) is 0 Å². The highest BCUT2D eigenvalue weighted by atomic mass is 127. The lowest BCUT2D eigenvalue weighted by atomic mass is 9.99. The Balaban J connectivity index is 1.88. The molecule has 0 radical (unpaired) electrons. The molecular formula is C19H24IN. The van der Waals surface area contributed by atoms with Crippen LogP contribution in [0.5, 0.6) is 0 Å². The lowest BCUT2D eigenvalue weighted by Crippen LogP contribution is -2.22. The van der Waals surface area contributed by atoms with Crippen molar-refractivity contribution in [3.8, 4) is 0 Å². The van der Waals surface area contributed by atoms with Gasteiger partial charge < -0.3 is 5.32 Å². The number of nitrogens with one attached hydrogen (secondary N) is 1. The first kappa shape index (κ1) is 16.5. The van der Waals surface area contributed by atoms with E-state index in [0.717, 1.165) is 13.0 Å². The first-order valence-corrected chi connectivity index (χ1v) is 8.90. The van der Waals surface area contributed by atoms with Crippen LogP contribution in [0.15, 0.2) is 54.6 Å². The summed E-state index contributed by atoms with van der Waals surface area (Å²) in [4.78, 5) is 0. The third-order valence-electron chi connectivity index (χ3n) is 3.71. The quantitative estimate of drug-likeness (QED) is 0.596. The Kier molecular flexibility index (Phi) is 7.24. The Labute approximate surface area is 142 Å². The van der Waals surface area contributed by atoms with Gasteiger partial charge in [-0.25, -0.2) is 0 Å². The molecule has 0 aliphatic heterocycles. The van der Waals surface area contributed by atoms with Crippen LogP contribution in [-0.4, -0.2) is 6.54 Å². The highest BCUT2D eigenvalue weighted by Gasteiger charge is 2.09. The van der Waals surface area contributed by atoms with Gasteiger partial charge in [0.25, 0.3) is 0 Å². The molecule has 2 heteroatoms. The summed E-state index contributed by atoms with van der Waals surface area (Å²) in [6.45, 7) is 3.31. The zero-order valence-electron chi connectivity index (χ0n) is 12.7. The minimum atomic E-state index is 0.481. The molecule has 2 aromatic carbocycles. The van der Waals surface area contributed by atoms with Crippen LogP contribution < -0.4 is 5.32 Å². The SMILES string of the molecule is CCCNC(CCCc1ccc(I)cc1)c1ccccc1. The van der Waals surface area contributed by atoms with Gasteiger partial charge in [-0.15, -0.1) is 0 Å². The van der Waals surface area contributed by atoms with Gasteiger partial charge in [0.2, 0.25) is 0 Å². The van der Waals surface area contributed by atoms with E-state index < -0.39 is 0 Å². The van der Waals surface area contributed by atoms with Gasteiger partial charge in [0.05, 0.1) is 0 Å². The summed E-state index contributed by atoms with van der Waals surface area (Å²) in [5.74, 6) is 0. The summed E-state index contributed by atoms with van der Waals surface area (Å²) in [6.07, 6.45) is 4.75. The first-order valence-electron chi connectivity index (χ1n) is 7.82. The molecule has 0 bridgehead atoms. The molecule has 0 heterocycles. The highest BCUT2D eigenvalue weighted by molar-refractivity contribution is 14.1. The fourth-order valence-corrected chi connectivity index (χ4v) is 2.91. The zero-order chi connectivity index (χ0) is 14.9. The Morgan fingerprint density at radius 2 is 1.71 bits per heavy atom. The van der Waals surface area contributed by atoms with E-state index in [0.29, 0.717) is 6.04 Å². The van der Waals surface area contributed by atoms with E-state index in [1.807, 2.05) is 0 Å². The standard InChI is InChI=1S/C19H24IN/c1-2-15-21-19(17-8-4-3-5-9-17)10-6-7-16-11-13-18(20)14-12-16/h3-5,8-9,11-14,19,21H,2,6-7,10,15H2,1H3. The molecule has 1 atom stereocenters. The van der Waals surface area contributed by atoms with E-state index >= 15 is 0 Å². The molecule has 112 valence electrons. The summed E-state index contributed by atoms with van der Waals surface area (Å²) in [5.41, 5.74) is 2.85. The molecule has 0 fully saturated rings. The van der Waals surface area contributed by atoms with Gasteiger partial charge in [-0.1, -0.05) is 49.4 Å². The van der Waals surface area contributed by atoms with Crippen LogP contribution in [0.2, 0.25) is 0 Å². The van der Waals surface area contributed by atoms with Crippen LogP contribution in [0.3, 0.4) is 0 Å². The van der Waals surface area contributed by atoms with Crippen LogP contribution in [0.4, 0.5) is 0 Å². The van der Waals surface area contributed by atoms with Crippen molar-refractivity contribution in [2.75, 3.05) is 6.54 Å². The van der Waals surface area contributed by atoms with Crippen molar-refractivity contribution in [1.29, 1.82) is 0 Å². The molecule has 0 saturated carbocycles. The number of aryl methyl sites for hydroxylation is 1. The van der Waals surface area contributed by atoms with Gasteiger partial charge in [0, 0.05) is 9.61 Å². The van der Waals surface area contributed by atoms with Crippen molar-refractivity contribution in [2.24, 2.45) is 0 Å². The van der Waals surface area contributed by atoms with E-state index in [-0.39, 0.29) is 0 Å². The van der Waals surface area contributed by atoms with E-state index in [2.05, 4.69) is 89.4 Å². The minimum absolute atomic E-state index is 0.481. The normalized spacial score (nSPS) is 12.3. The Morgan fingerprint density at radius 3 is 2.38 bits per heavy atom. The number of halogens is 1. The molecule has 21 heavy (non-hydrogen) atoms. The zero-order valence-corrected chi connectivity index (χ0v) is 14.8. The predicted octanol–water partition coefficient (Wildman–Crippen LogP) is 5.35. The molecule has 0 amide bonds. The Hall–Kier alpha value is -0.870. The third kappa shape index (κ3) is 5.79. The minimum Gasteiger partial charge on any atom is -0.310 e. The van der Waals surface area contributed by atoms with Crippen LogP contribution in [0.25, 0.3) is 0 Å². The van der Waals surface area contributed by atoms with E-state index in [1.54, 1.807) is 0 Å². The largest absolute Gasteiger partial charge is 0.310 e. The van der Waals surface area contributed by atoms with Crippen molar-refractivity contribution in [2.45, 2.75) is 38.6 Å². The number of benzene rings is 2. The fraction of sp³-hybridized carbons (Fsp3) is 0.368. The lowest BCUT2D eigenvalue weighted by molar-refractivity contribution is 0.484. The topological polar surface area (TPSA) is 12.0 Å². The average molecular weight is 393 g/mol. The molecule has 1 nitrogen and oxygen atoms in total. The summed E-state index contributed by atoms with van der Waals surface area (Å²) in [5, 5.41) is 3.68. The summed E-state index contributed by atoms with van der Waals surface area (Å²) in [6, 6.07) is 20.2. The molecular weight excluding hydrogens is 369 g/mol. The number of rotatable bonds is 8. The number of hydrogen-bond donors (Lipinski definition) is 1. The molecule has 0 aliphatic carbocycles. The van der Waals surface area contributed by atoms with Crippen LogP contribution >= 0.6 is 22.6 Å². The number of hydrogen-bond acceptors (Lipinski definition) is 1. The van der Waals surface area contributed by atoms with Crippen molar-refractivity contribution in [3.05, 3.63) is 69.3 Å². The van der Waals surface area contributed by atoms with Gasteiger partial charge >= 0.3 is 0 Å². The summed E-state index contributed by atoms with van der Waals surface area (Å²) >= 11 is 2.36. The maximum atomic E-state index is 3.68. The Bertz CT molecular complexity index is 507. The third-order valence-corrected chi connectivity index (χ3v) is 4.43. The van der Waals surface area contributed by atoms with Crippen molar-refractivity contribution >= 4 is 22.6 Å². The van der Waals surface area contributed by atoms with Gasteiger partial charge in [0.1, 0.15) is 0 Å². The highest BCUT2D eigenvalue weighted by Crippen LogP contribution is 2.20. The van der Waals surface area contributed by atoms with Gasteiger partial charge in [-0.2, -0.15) is 0 Å². The second kappa shape index (κ2) is 9.21. The van der Waals surface area contributed by atoms with Crippen molar-refractivity contribution in [3.63, 3.8) is 0 Å². The van der Waals surface area contributed by atoms with Gasteiger partial charge in [0.15, 0.2) is 0 Å². The molecule has 1 N–H and O–H groups in total.